The fourth-order valence-electron chi connectivity index (χ4n) is 0.984. The summed E-state index contributed by atoms with van der Waals surface area (Å²) in [5.41, 5.74) is 5.97. The van der Waals surface area contributed by atoms with Crippen molar-refractivity contribution in [2.75, 3.05) is 13.1 Å². The van der Waals surface area contributed by atoms with Crippen LogP contribution in [-0.4, -0.2) is 13.1 Å². The molecule has 0 aliphatic carbocycles. The molecular formula is C9H12F2N2. The van der Waals surface area contributed by atoms with Crippen LogP contribution in [-0.2, 0) is 6.54 Å². The number of benzene rings is 1. The first-order valence-corrected chi connectivity index (χ1v) is 4.08. The highest BCUT2D eigenvalue weighted by atomic mass is 19.2. The van der Waals surface area contributed by atoms with E-state index in [0.717, 1.165) is 6.07 Å². The second kappa shape index (κ2) is 4.89. The quantitative estimate of drug-likeness (QED) is 0.689. The Bertz CT molecular complexity index is 276. The van der Waals surface area contributed by atoms with Crippen molar-refractivity contribution in [1.82, 2.24) is 5.32 Å². The summed E-state index contributed by atoms with van der Waals surface area (Å²) in [5, 5.41) is 2.98. The van der Waals surface area contributed by atoms with Gasteiger partial charge < -0.3 is 11.1 Å². The van der Waals surface area contributed by atoms with Crippen LogP contribution in [0.25, 0.3) is 0 Å². The zero-order chi connectivity index (χ0) is 9.68. The van der Waals surface area contributed by atoms with Crippen LogP contribution in [0.15, 0.2) is 18.2 Å². The minimum absolute atomic E-state index is 0.508. The molecule has 0 radical (unpaired) electrons. The SMILES string of the molecule is NCCNCc1ccc(F)c(F)c1. The van der Waals surface area contributed by atoms with Gasteiger partial charge in [-0.15, -0.1) is 0 Å². The van der Waals surface area contributed by atoms with Gasteiger partial charge in [-0.25, -0.2) is 8.78 Å². The van der Waals surface area contributed by atoms with Crippen LogP contribution in [0.2, 0.25) is 0 Å². The first-order valence-electron chi connectivity index (χ1n) is 4.08. The molecule has 0 aromatic heterocycles. The molecule has 0 atom stereocenters. The van der Waals surface area contributed by atoms with Crippen molar-refractivity contribution in [3.05, 3.63) is 35.4 Å². The third kappa shape index (κ3) is 3.08. The summed E-state index contributed by atoms with van der Waals surface area (Å²) < 4.78 is 25.1. The summed E-state index contributed by atoms with van der Waals surface area (Å²) in [6.07, 6.45) is 0. The Hall–Kier alpha value is -1.00. The van der Waals surface area contributed by atoms with Gasteiger partial charge in [0, 0.05) is 19.6 Å². The van der Waals surface area contributed by atoms with Gasteiger partial charge in [-0.3, -0.25) is 0 Å². The Balaban J connectivity index is 2.53. The fraction of sp³-hybridized carbons (Fsp3) is 0.333. The molecule has 0 unspecified atom stereocenters. The average molecular weight is 186 g/mol. The minimum atomic E-state index is -0.817. The summed E-state index contributed by atoms with van der Waals surface area (Å²) >= 11 is 0. The molecule has 0 fully saturated rings. The molecule has 0 aliphatic rings. The van der Waals surface area contributed by atoms with Gasteiger partial charge in [0.1, 0.15) is 0 Å². The number of hydrogen-bond donors (Lipinski definition) is 2. The molecule has 0 saturated carbocycles. The molecule has 1 aromatic carbocycles. The third-order valence-electron chi connectivity index (χ3n) is 1.63. The molecule has 0 saturated heterocycles. The Morgan fingerprint density at radius 1 is 1.23 bits per heavy atom. The monoisotopic (exact) mass is 186 g/mol. The number of hydrogen-bond acceptors (Lipinski definition) is 2. The predicted octanol–water partition coefficient (Wildman–Crippen LogP) is 1.01. The minimum Gasteiger partial charge on any atom is -0.329 e. The summed E-state index contributed by atoms with van der Waals surface area (Å²) in [6, 6.07) is 3.84. The topological polar surface area (TPSA) is 38.0 Å². The standard InChI is InChI=1S/C9H12F2N2/c10-8-2-1-7(5-9(8)11)6-13-4-3-12/h1-2,5,13H,3-4,6,12H2. The molecule has 2 nitrogen and oxygen atoms in total. The van der Waals surface area contributed by atoms with Crippen LogP contribution in [0.1, 0.15) is 5.56 Å². The molecule has 13 heavy (non-hydrogen) atoms. The van der Waals surface area contributed by atoms with E-state index in [2.05, 4.69) is 5.32 Å². The maximum Gasteiger partial charge on any atom is 0.159 e. The van der Waals surface area contributed by atoms with E-state index >= 15 is 0 Å². The van der Waals surface area contributed by atoms with E-state index in [4.69, 9.17) is 5.73 Å². The van der Waals surface area contributed by atoms with Crippen LogP contribution in [0, 0.1) is 11.6 Å². The summed E-state index contributed by atoms with van der Waals surface area (Å²) in [4.78, 5) is 0. The van der Waals surface area contributed by atoms with E-state index in [1.807, 2.05) is 0 Å². The predicted molar refractivity (Wildman–Crippen MR) is 47.1 cm³/mol. The number of halogens is 2. The van der Waals surface area contributed by atoms with Crippen molar-refractivity contribution in [3.63, 3.8) is 0 Å². The zero-order valence-corrected chi connectivity index (χ0v) is 7.19. The Morgan fingerprint density at radius 2 is 2.00 bits per heavy atom. The maximum atomic E-state index is 12.7. The highest BCUT2D eigenvalue weighted by Gasteiger charge is 2.01. The number of rotatable bonds is 4. The highest BCUT2D eigenvalue weighted by molar-refractivity contribution is 5.17. The first-order chi connectivity index (χ1) is 6.24. The van der Waals surface area contributed by atoms with Crippen molar-refractivity contribution >= 4 is 0 Å². The zero-order valence-electron chi connectivity index (χ0n) is 7.19. The molecule has 72 valence electrons. The van der Waals surface area contributed by atoms with Gasteiger partial charge in [-0.1, -0.05) is 6.07 Å². The lowest BCUT2D eigenvalue weighted by molar-refractivity contribution is 0.506. The van der Waals surface area contributed by atoms with Gasteiger partial charge in [0.15, 0.2) is 11.6 Å². The van der Waals surface area contributed by atoms with Crippen molar-refractivity contribution in [2.24, 2.45) is 5.73 Å². The van der Waals surface area contributed by atoms with Crippen molar-refractivity contribution in [3.8, 4) is 0 Å². The van der Waals surface area contributed by atoms with Crippen LogP contribution in [0.4, 0.5) is 8.78 Å². The van der Waals surface area contributed by atoms with E-state index < -0.39 is 11.6 Å². The highest BCUT2D eigenvalue weighted by Crippen LogP contribution is 2.07. The Kier molecular flexibility index (Phi) is 3.79. The van der Waals surface area contributed by atoms with Crippen LogP contribution < -0.4 is 11.1 Å². The van der Waals surface area contributed by atoms with Crippen molar-refractivity contribution < 1.29 is 8.78 Å². The molecule has 0 bridgehead atoms. The van der Waals surface area contributed by atoms with Crippen molar-refractivity contribution in [1.29, 1.82) is 0 Å². The lowest BCUT2D eigenvalue weighted by atomic mass is 10.2. The molecule has 4 heteroatoms. The van der Waals surface area contributed by atoms with Crippen LogP contribution in [0.3, 0.4) is 0 Å². The lowest BCUT2D eigenvalue weighted by Crippen LogP contribution is -2.21. The molecule has 1 rings (SSSR count). The van der Waals surface area contributed by atoms with Gasteiger partial charge in [-0.05, 0) is 17.7 Å². The summed E-state index contributed by atoms with van der Waals surface area (Å²) in [6.45, 7) is 1.71. The van der Waals surface area contributed by atoms with Crippen LogP contribution >= 0.6 is 0 Å². The largest absolute Gasteiger partial charge is 0.329 e. The normalized spacial score (nSPS) is 10.4. The number of nitrogens with two attached hydrogens (primary N) is 1. The van der Waals surface area contributed by atoms with Crippen molar-refractivity contribution in [2.45, 2.75) is 6.54 Å². The fourth-order valence-corrected chi connectivity index (χ4v) is 0.984. The Morgan fingerprint density at radius 3 is 2.62 bits per heavy atom. The summed E-state index contributed by atoms with van der Waals surface area (Å²) in [5.74, 6) is -1.63. The third-order valence-corrected chi connectivity index (χ3v) is 1.63. The van der Waals surface area contributed by atoms with Gasteiger partial charge in [0.2, 0.25) is 0 Å². The Labute approximate surface area is 75.7 Å². The van der Waals surface area contributed by atoms with Gasteiger partial charge in [0.25, 0.3) is 0 Å². The van der Waals surface area contributed by atoms with E-state index in [1.54, 1.807) is 6.07 Å². The molecule has 3 N–H and O–H groups in total. The molecule has 0 aliphatic heterocycles. The van der Waals surface area contributed by atoms with Gasteiger partial charge in [-0.2, -0.15) is 0 Å². The molecule has 0 heterocycles. The first kappa shape index (κ1) is 10.1. The molecule has 0 amide bonds. The molecular weight excluding hydrogens is 174 g/mol. The van der Waals surface area contributed by atoms with E-state index in [1.165, 1.54) is 6.07 Å². The molecule has 0 spiro atoms. The maximum absolute atomic E-state index is 12.7. The smallest absolute Gasteiger partial charge is 0.159 e. The lowest BCUT2D eigenvalue weighted by Gasteiger charge is -2.03. The average Bonchev–Trinajstić information content (AvgIpc) is 2.12. The second-order valence-electron chi connectivity index (χ2n) is 2.71. The van der Waals surface area contributed by atoms with Crippen LogP contribution in [0.5, 0.6) is 0 Å². The molecule has 1 aromatic rings. The van der Waals surface area contributed by atoms with Gasteiger partial charge in [0.05, 0.1) is 0 Å². The van der Waals surface area contributed by atoms with Gasteiger partial charge >= 0.3 is 0 Å². The second-order valence-corrected chi connectivity index (χ2v) is 2.71. The van der Waals surface area contributed by atoms with E-state index in [9.17, 15) is 8.78 Å². The summed E-state index contributed by atoms with van der Waals surface area (Å²) in [7, 11) is 0. The van der Waals surface area contributed by atoms with E-state index in [0.29, 0.717) is 25.2 Å². The van der Waals surface area contributed by atoms with E-state index in [-0.39, 0.29) is 0 Å². The number of nitrogens with one attached hydrogen (secondary N) is 1.